The van der Waals surface area contributed by atoms with Crippen LogP contribution in [-0.2, 0) is 0 Å². The van der Waals surface area contributed by atoms with E-state index in [0.717, 1.165) is 17.3 Å². The Morgan fingerprint density at radius 2 is 2.13 bits per heavy atom. The van der Waals surface area contributed by atoms with E-state index in [-0.39, 0.29) is 0 Å². The summed E-state index contributed by atoms with van der Waals surface area (Å²) in [5.41, 5.74) is 0.899. The Bertz CT molecular complexity index is 529. The van der Waals surface area contributed by atoms with E-state index in [1.54, 1.807) is 7.11 Å². The molecular weight excluding hydrogens is 210 g/mol. The number of nitrogens with zero attached hydrogens (tertiary/aromatic N) is 2. The second-order valence-electron chi connectivity index (χ2n) is 3.08. The third kappa shape index (κ3) is 1.66. The van der Waals surface area contributed by atoms with Gasteiger partial charge in [-0.05, 0) is 31.3 Å². The summed E-state index contributed by atoms with van der Waals surface area (Å²) >= 11 is 5.15. The standard InChI is InChI=1S/C10H11N3OS/c1-7-11-12-10(15)13(7)8-5-3-4-6-9(8)14-2/h3-6H,1-2H3,(H,12,15). The second-order valence-corrected chi connectivity index (χ2v) is 3.47. The van der Waals surface area contributed by atoms with Crippen molar-refractivity contribution < 1.29 is 4.74 Å². The van der Waals surface area contributed by atoms with Crippen molar-refractivity contribution >= 4 is 12.2 Å². The molecule has 78 valence electrons. The Hall–Kier alpha value is -1.62. The zero-order valence-electron chi connectivity index (χ0n) is 8.52. The minimum Gasteiger partial charge on any atom is -0.495 e. The van der Waals surface area contributed by atoms with Crippen molar-refractivity contribution in [3.05, 3.63) is 34.9 Å². The number of aromatic nitrogens is 3. The minimum absolute atomic E-state index is 0.567. The molecule has 1 N–H and O–H groups in total. The van der Waals surface area contributed by atoms with Crippen LogP contribution in [0.3, 0.4) is 0 Å². The van der Waals surface area contributed by atoms with Crippen LogP contribution in [0.4, 0.5) is 0 Å². The number of rotatable bonds is 2. The lowest BCUT2D eigenvalue weighted by Crippen LogP contribution is -1.99. The van der Waals surface area contributed by atoms with E-state index in [2.05, 4.69) is 10.2 Å². The summed E-state index contributed by atoms with van der Waals surface area (Å²) in [5.74, 6) is 1.59. The lowest BCUT2D eigenvalue weighted by Gasteiger charge is -2.09. The van der Waals surface area contributed by atoms with Crippen molar-refractivity contribution in [1.82, 2.24) is 14.8 Å². The maximum absolute atomic E-state index is 5.27. The third-order valence-electron chi connectivity index (χ3n) is 2.17. The molecule has 5 heteroatoms. The van der Waals surface area contributed by atoms with Crippen LogP contribution >= 0.6 is 12.2 Å². The fourth-order valence-electron chi connectivity index (χ4n) is 1.47. The minimum atomic E-state index is 0.567. The first kappa shape index (κ1) is 9.92. The van der Waals surface area contributed by atoms with Gasteiger partial charge in [0.1, 0.15) is 11.6 Å². The van der Waals surface area contributed by atoms with Crippen LogP contribution < -0.4 is 4.74 Å². The van der Waals surface area contributed by atoms with Gasteiger partial charge in [0, 0.05) is 0 Å². The van der Waals surface area contributed by atoms with Gasteiger partial charge in [0.05, 0.1) is 12.8 Å². The van der Waals surface area contributed by atoms with Crippen molar-refractivity contribution in [2.45, 2.75) is 6.92 Å². The number of hydrogen-bond donors (Lipinski definition) is 1. The molecule has 2 aromatic rings. The second kappa shape index (κ2) is 3.86. The molecule has 2 rings (SSSR count). The van der Waals surface area contributed by atoms with Crippen molar-refractivity contribution in [3.8, 4) is 11.4 Å². The number of aryl methyl sites for hydroxylation is 1. The third-order valence-corrected chi connectivity index (χ3v) is 2.44. The van der Waals surface area contributed by atoms with Gasteiger partial charge >= 0.3 is 0 Å². The molecule has 0 radical (unpaired) electrons. The van der Waals surface area contributed by atoms with Crippen LogP contribution in [0.15, 0.2) is 24.3 Å². The molecule has 0 amide bonds. The number of ether oxygens (including phenoxy) is 1. The molecule has 1 heterocycles. The number of methoxy groups -OCH3 is 1. The predicted octanol–water partition coefficient (Wildman–Crippen LogP) is 2.25. The molecule has 0 aliphatic heterocycles. The van der Waals surface area contributed by atoms with Crippen LogP contribution in [0.2, 0.25) is 0 Å². The highest BCUT2D eigenvalue weighted by Crippen LogP contribution is 2.22. The van der Waals surface area contributed by atoms with E-state index in [0.29, 0.717) is 4.77 Å². The zero-order chi connectivity index (χ0) is 10.8. The maximum atomic E-state index is 5.27. The molecule has 0 unspecified atom stereocenters. The van der Waals surface area contributed by atoms with Gasteiger partial charge in [-0.2, -0.15) is 5.10 Å². The normalized spacial score (nSPS) is 10.3. The Labute approximate surface area is 92.5 Å². The van der Waals surface area contributed by atoms with Crippen LogP contribution in [0.25, 0.3) is 5.69 Å². The van der Waals surface area contributed by atoms with Crippen LogP contribution in [0.5, 0.6) is 5.75 Å². The molecule has 1 aromatic heterocycles. The summed E-state index contributed by atoms with van der Waals surface area (Å²) in [7, 11) is 1.64. The van der Waals surface area contributed by atoms with E-state index in [9.17, 15) is 0 Å². The first-order valence-corrected chi connectivity index (χ1v) is 4.92. The fourth-order valence-corrected chi connectivity index (χ4v) is 1.75. The Morgan fingerprint density at radius 3 is 2.73 bits per heavy atom. The molecule has 0 saturated heterocycles. The lowest BCUT2D eigenvalue weighted by atomic mass is 10.3. The SMILES string of the molecule is COc1ccccc1-n1c(C)n[nH]c1=S. The molecule has 4 nitrogen and oxygen atoms in total. The summed E-state index contributed by atoms with van der Waals surface area (Å²) in [6, 6.07) is 7.69. The lowest BCUT2D eigenvalue weighted by molar-refractivity contribution is 0.412. The van der Waals surface area contributed by atoms with E-state index < -0.39 is 0 Å². The summed E-state index contributed by atoms with van der Waals surface area (Å²) in [5, 5.41) is 6.81. The van der Waals surface area contributed by atoms with Gasteiger partial charge in [-0.25, -0.2) is 0 Å². The molecule has 15 heavy (non-hydrogen) atoms. The van der Waals surface area contributed by atoms with E-state index in [1.807, 2.05) is 35.8 Å². The Balaban J connectivity index is 2.69. The van der Waals surface area contributed by atoms with Crippen molar-refractivity contribution in [1.29, 1.82) is 0 Å². The average Bonchev–Trinajstić information content (AvgIpc) is 2.59. The quantitative estimate of drug-likeness (QED) is 0.791. The molecule has 0 fully saturated rings. The Morgan fingerprint density at radius 1 is 1.40 bits per heavy atom. The highest BCUT2D eigenvalue weighted by molar-refractivity contribution is 7.71. The van der Waals surface area contributed by atoms with Gasteiger partial charge in [-0.15, -0.1) is 0 Å². The van der Waals surface area contributed by atoms with Crippen LogP contribution in [-0.4, -0.2) is 21.9 Å². The van der Waals surface area contributed by atoms with Gasteiger partial charge in [0.25, 0.3) is 0 Å². The van der Waals surface area contributed by atoms with Gasteiger partial charge in [0.15, 0.2) is 4.77 Å². The summed E-state index contributed by atoms with van der Waals surface area (Å²) < 4.78 is 7.68. The van der Waals surface area contributed by atoms with Gasteiger partial charge in [0.2, 0.25) is 0 Å². The number of benzene rings is 1. The molecule has 0 bridgehead atoms. The largest absolute Gasteiger partial charge is 0.495 e. The van der Waals surface area contributed by atoms with E-state index in [1.165, 1.54) is 0 Å². The smallest absolute Gasteiger partial charge is 0.199 e. The number of H-pyrrole nitrogens is 1. The van der Waals surface area contributed by atoms with Gasteiger partial charge < -0.3 is 4.74 Å². The van der Waals surface area contributed by atoms with E-state index >= 15 is 0 Å². The maximum Gasteiger partial charge on any atom is 0.199 e. The molecule has 0 saturated carbocycles. The number of hydrogen-bond acceptors (Lipinski definition) is 3. The zero-order valence-corrected chi connectivity index (χ0v) is 9.34. The van der Waals surface area contributed by atoms with Gasteiger partial charge in [-0.1, -0.05) is 12.1 Å². The van der Waals surface area contributed by atoms with Crippen molar-refractivity contribution in [3.63, 3.8) is 0 Å². The first-order chi connectivity index (χ1) is 7.24. The summed E-state index contributed by atoms with van der Waals surface area (Å²) in [6.07, 6.45) is 0. The Kier molecular flexibility index (Phi) is 2.55. The number of aromatic amines is 1. The fraction of sp³-hybridized carbons (Fsp3) is 0.200. The highest BCUT2D eigenvalue weighted by Gasteiger charge is 2.08. The molecule has 1 aromatic carbocycles. The monoisotopic (exact) mass is 221 g/mol. The van der Waals surface area contributed by atoms with Crippen molar-refractivity contribution in [2.24, 2.45) is 0 Å². The summed E-state index contributed by atoms with van der Waals surface area (Å²) in [6.45, 7) is 1.89. The first-order valence-electron chi connectivity index (χ1n) is 4.51. The molecule has 0 atom stereocenters. The molecule has 0 aliphatic carbocycles. The number of nitrogens with one attached hydrogen (secondary N) is 1. The van der Waals surface area contributed by atoms with Crippen LogP contribution in [0, 0.1) is 11.7 Å². The molecular formula is C10H11N3OS. The van der Waals surface area contributed by atoms with E-state index in [4.69, 9.17) is 17.0 Å². The molecule has 0 aliphatic rings. The average molecular weight is 221 g/mol. The summed E-state index contributed by atoms with van der Waals surface area (Å²) in [4.78, 5) is 0. The predicted molar refractivity (Wildman–Crippen MR) is 60.0 cm³/mol. The van der Waals surface area contributed by atoms with Crippen LogP contribution in [0.1, 0.15) is 5.82 Å². The highest BCUT2D eigenvalue weighted by atomic mass is 32.1. The number of para-hydroxylation sites is 2. The topological polar surface area (TPSA) is 42.8 Å². The van der Waals surface area contributed by atoms with Gasteiger partial charge in [-0.3, -0.25) is 9.67 Å². The van der Waals surface area contributed by atoms with Crippen molar-refractivity contribution in [2.75, 3.05) is 7.11 Å². The molecule has 0 spiro atoms.